The van der Waals surface area contributed by atoms with Crippen LogP contribution in [-0.4, -0.2) is 6.10 Å². The van der Waals surface area contributed by atoms with Crippen LogP contribution in [0.15, 0.2) is 11.8 Å². The first kappa shape index (κ1) is 13.6. The molecule has 1 atom stereocenters. The largest absolute Gasteiger partial charge is 0.495 e. The molecule has 1 aliphatic carbocycles. The summed E-state index contributed by atoms with van der Waals surface area (Å²) >= 11 is 0. The normalized spacial score (nSPS) is 20.4. The van der Waals surface area contributed by atoms with Crippen molar-refractivity contribution in [2.75, 3.05) is 0 Å². The van der Waals surface area contributed by atoms with Gasteiger partial charge in [0, 0.05) is 5.92 Å². The van der Waals surface area contributed by atoms with Crippen molar-refractivity contribution in [1.29, 1.82) is 0 Å². The van der Waals surface area contributed by atoms with Gasteiger partial charge in [0.15, 0.2) is 0 Å². The number of hydrogen-bond donors (Lipinski definition) is 0. The molecule has 1 nitrogen and oxygen atoms in total. The van der Waals surface area contributed by atoms with E-state index in [4.69, 9.17) is 4.74 Å². The van der Waals surface area contributed by atoms with Crippen LogP contribution in [0.5, 0.6) is 0 Å². The van der Waals surface area contributed by atoms with Crippen molar-refractivity contribution in [3.63, 3.8) is 0 Å². The Labute approximate surface area is 101 Å². The summed E-state index contributed by atoms with van der Waals surface area (Å²) in [5.41, 5.74) is 0. The van der Waals surface area contributed by atoms with Gasteiger partial charge in [-0.1, -0.05) is 27.7 Å². The second-order valence-corrected chi connectivity index (χ2v) is 5.57. The summed E-state index contributed by atoms with van der Waals surface area (Å²) in [6.07, 6.45) is 10.3. The maximum atomic E-state index is 6.18. The summed E-state index contributed by atoms with van der Waals surface area (Å²) in [6.45, 7) is 9.07. The van der Waals surface area contributed by atoms with E-state index in [0.29, 0.717) is 12.0 Å². The fraction of sp³-hybridized carbons (Fsp3) is 0.867. The standard InChI is InChI=1S/C15H28O/c1-5-8-15(13(4)11-12(2)3)16-14-9-6-7-10-14/h8,12-14H,5-7,9-11H2,1-4H3/b15-8-. The second kappa shape index (κ2) is 6.98. The van der Waals surface area contributed by atoms with E-state index in [0.717, 1.165) is 12.3 Å². The van der Waals surface area contributed by atoms with E-state index in [9.17, 15) is 0 Å². The van der Waals surface area contributed by atoms with Crippen LogP contribution in [0, 0.1) is 11.8 Å². The molecule has 1 rings (SSSR count). The molecule has 1 aliphatic rings. The minimum atomic E-state index is 0.507. The van der Waals surface area contributed by atoms with Gasteiger partial charge >= 0.3 is 0 Å². The van der Waals surface area contributed by atoms with Gasteiger partial charge in [0.2, 0.25) is 0 Å². The van der Waals surface area contributed by atoms with Gasteiger partial charge in [-0.25, -0.2) is 0 Å². The molecule has 94 valence electrons. The minimum Gasteiger partial charge on any atom is -0.495 e. The Hall–Kier alpha value is -0.460. The summed E-state index contributed by atoms with van der Waals surface area (Å²) in [5.74, 6) is 2.59. The molecule has 0 spiro atoms. The quantitative estimate of drug-likeness (QED) is 0.582. The van der Waals surface area contributed by atoms with E-state index in [1.54, 1.807) is 0 Å². The molecular formula is C15H28O. The highest BCUT2D eigenvalue weighted by molar-refractivity contribution is 4.98. The highest BCUT2D eigenvalue weighted by atomic mass is 16.5. The average molecular weight is 224 g/mol. The summed E-state index contributed by atoms with van der Waals surface area (Å²) in [7, 11) is 0. The maximum absolute atomic E-state index is 6.18. The Morgan fingerprint density at radius 3 is 2.38 bits per heavy atom. The predicted octanol–water partition coefficient (Wildman–Crippen LogP) is 4.92. The molecule has 0 amide bonds. The van der Waals surface area contributed by atoms with Crippen molar-refractivity contribution >= 4 is 0 Å². The first-order chi connectivity index (χ1) is 7.63. The Bertz CT molecular complexity index is 211. The Morgan fingerprint density at radius 1 is 1.25 bits per heavy atom. The van der Waals surface area contributed by atoms with E-state index in [1.807, 2.05) is 0 Å². The van der Waals surface area contributed by atoms with Crippen LogP contribution in [0.1, 0.15) is 66.2 Å². The topological polar surface area (TPSA) is 9.23 Å². The third-order valence-electron chi connectivity index (χ3n) is 3.32. The van der Waals surface area contributed by atoms with Crippen LogP contribution in [-0.2, 0) is 4.74 Å². The van der Waals surface area contributed by atoms with Crippen LogP contribution in [0.3, 0.4) is 0 Å². The summed E-state index contributed by atoms with van der Waals surface area (Å²) in [5, 5.41) is 0. The molecule has 0 radical (unpaired) electrons. The fourth-order valence-electron chi connectivity index (χ4n) is 2.59. The van der Waals surface area contributed by atoms with Gasteiger partial charge in [0.05, 0.1) is 11.9 Å². The third-order valence-corrected chi connectivity index (χ3v) is 3.32. The average Bonchev–Trinajstić information content (AvgIpc) is 2.68. The third kappa shape index (κ3) is 4.59. The van der Waals surface area contributed by atoms with E-state index >= 15 is 0 Å². The molecule has 1 fully saturated rings. The molecule has 0 aromatic heterocycles. The van der Waals surface area contributed by atoms with Crippen molar-refractivity contribution in [1.82, 2.24) is 0 Å². The zero-order chi connectivity index (χ0) is 12.0. The summed E-state index contributed by atoms with van der Waals surface area (Å²) in [4.78, 5) is 0. The molecule has 0 aliphatic heterocycles. The Balaban J connectivity index is 2.49. The van der Waals surface area contributed by atoms with Crippen molar-refractivity contribution in [2.45, 2.75) is 72.3 Å². The summed E-state index contributed by atoms with van der Waals surface area (Å²) < 4.78 is 6.18. The highest BCUT2D eigenvalue weighted by Crippen LogP contribution is 2.28. The van der Waals surface area contributed by atoms with Crippen molar-refractivity contribution in [3.05, 3.63) is 11.8 Å². The van der Waals surface area contributed by atoms with Crippen LogP contribution < -0.4 is 0 Å². The molecule has 0 aromatic carbocycles. The van der Waals surface area contributed by atoms with Crippen LogP contribution in [0.4, 0.5) is 0 Å². The predicted molar refractivity (Wildman–Crippen MR) is 70.3 cm³/mol. The number of hydrogen-bond acceptors (Lipinski definition) is 1. The van der Waals surface area contributed by atoms with Gasteiger partial charge in [-0.15, -0.1) is 0 Å². The lowest BCUT2D eigenvalue weighted by Crippen LogP contribution is -2.13. The van der Waals surface area contributed by atoms with Crippen LogP contribution >= 0.6 is 0 Å². The smallest absolute Gasteiger partial charge is 0.0982 e. The molecule has 16 heavy (non-hydrogen) atoms. The van der Waals surface area contributed by atoms with Crippen molar-refractivity contribution < 1.29 is 4.74 Å². The van der Waals surface area contributed by atoms with Gasteiger partial charge < -0.3 is 4.74 Å². The van der Waals surface area contributed by atoms with E-state index in [2.05, 4.69) is 33.8 Å². The monoisotopic (exact) mass is 224 g/mol. The van der Waals surface area contributed by atoms with Crippen LogP contribution in [0.25, 0.3) is 0 Å². The SMILES string of the molecule is CC/C=C(\OC1CCCC1)C(C)CC(C)C. The second-order valence-electron chi connectivity index (χ2n) is 5.57. The van der Waals surface area contributed by atoms with Gasteiger partial charge in [0.1, 0.15) is 0 Å². The Kier molecular flexibility index (Phi) is 5.94. The molecule has 0 saturated heterocycles. The summed E-state index contributed by atoms with van der Waals surface area (Å²) in [6, 6.07) is 0. The first-order valence-corrected chi connectivity index (χ1v) is 7.00. The maximum Gasteiger partial charge on any atom is 0.0982 e. The molecular weight excluding hydrogens is 196 g/mol. The molecule has 0 N–H and O–H groups in total. The lowest BCUT2D eigenvalue weighted by Gasteiger charge is -2.22. The van der Waals surface area contributed by atoms with Crippen molar-refractivity contribution in [3.8, 4) is 0 Å². The van der Waals surface area contributed by atoms with Gasteiger partial charge in [0.25, 0.3) is 0 Å². The van der Waals surface area contributed by atoms with E-state index in [-0.39, 0.29) is 0 Å². The molecule has 1 heteroatoms. The minimum absolute atomic E-state index is 0.507. The van der Waals surface area contributed by atoms with Gasteiger partial charge in [-0.2, -0.15) is 0 Å². The molecule has 0 bridgehead atoms. The first-order valence-electron chi connectivity index (χ1n) is 7.00. The number of allylic oxidation sites excluding steroid dienone is 2. The number of rotatable bonds is 6. The zero-order valence-corrected chi connectivity index (χ0v) is 11.5. The molecule has 0 aromatic rings. The van der Waals surface area contributed by atoms with Gasteiger partial charge in [-0.3, -0.25) is 0 Å². The lowest BCUT2D eigenvalue weighted by molar-refractivity contribution is 0.0955. The molecule has 1 saturated carbocycles. The molecule has 0 heterocycles. The fourth-order valence-corrected chi connectivity index (χ4v) is 2.59. The highest BCUT2D eigenvalue weighted by Gasteiger charge is 2.20. The zero-order valence-electron chi connectivity index (χ0n) is 11.5. The van der Waals surface area contributed by atoms with Crippen LogP contribution in [0.2, 0.25) is 0 Å². The lowest BCUT2D eigenvalue weighted by atomic mass is 9.96. The Morgan fingerprint density at radius 2 is 1.88 bits per heavy atom. The van der Waals surface area contributed by atoms with Gasteiger partial charge in [-0.05, 0) is 50.5 Å². The number of ether oxygens (including phenoxy) is 1. The molecule has 1 unspecified atom stereocenters. The van der Waals surface area contributed by atoms with E-state index < -0.39 is 0 Å². The van der Waals surface area contributed by atoms with E-state index in [1.165, 1.54) is 37.9 Å². The van der Waals surface area contributed by atoms with Crippen molar-refractivity contribution in [2.24, 2.45) is 11.8 Å².